The third-order valence-electron chi connectivity index (χ3n) is 2.47. The Hall–Kier alpha value is -1.83. The van der Waals surface area contributed by atoms with Crippen molar-refractivity contribution in [1.82, 2.24) is 4.98 Å². The number of halogens is 3. The van der Waals surface area contributed by atoms with Crippen molar-refractivity contribution in [3.63, 3.8) is 0 Å². The molecule has 0 aliphatic carbocycles. The lowest BCUT2D eigenvalue weighted by molar-refractivity contribution is -0.275. The molecule has 0 unspecified atom stereocenters. The first-order valence-corrected chi connectivity index (χ1v) is 5.87. The molecule has 1 aromatic rings. The van der Waals surface area contributed by atoms with Crippen LogP contribution in [0.3, 0.4) is 0 Å². The Labute approximate surface area is 113 Å². The summed E-state index contributed by atoms with van der Waals surface area (Å²) in [6.07, 6.45) is -3.75. The van der Waals surface area contributed by atoms with Crippen LogP contribution >= 0.6 is 0 Å². The van der Waals surface area contributed by atoms with Crippen molar-refractivity contribution in [3.8, 4) is 5.75 Å². The van der Waals surface area contributed by atoms with Gasteiger partial charge < -0.3 is 15.2 Å². The minimum absolute atomic E-state index is 0.0513. The number of hydrogen-bond acceptors (Lipinski definition) is 5. The van der Waals surface area contributed by atoms with Gasteiger partial charge in [-0.05, 0) is 19.4 Å². The molecule has 5 nitrogen and oxygen atoms in total. The summed E-state index contributed by atoms with van der Waals surface area (Å²) in [5.41, 5.74) is 5.87. The second kappa shape index (κ2) is 6.56. The van der Waals surface area contributed by atoms with Crippen LogP contribution in [-0.4, -0.2) is 23.9 Å². The second-order valence-electron chi connectivity index (χ2n) is 3.91. The van der Waals surface area contributed by atoms with Gasteiger partial charge in [-0.3, -0.25) is 9.78 Å². The minimum atomic E-state index is -4.85. The van der Waals surface area contributed by atoms with E-state index in [1.807, 2.05) is 0 Å². The van der Waals surface area contributed by atoms with E-state index in [0.29, 0.717) is 0 Å². The fraction of sp³-hybridized carbons (Fsp3) is 0.500. The quantitative estimate of drug-likeness (QED) is 0.838. The molecule has 1 heterocycles. The first-order valence-electron chi connectivity index (χ1n) is 5.87. The summed E-state index contributed by atoms with van der Waals surface area (Å²) in [5, 5.41) is 0. The molecular formula is C12H15F3N2O3. The van der Waals surface area contributed by atoms with Gasteiger partial charge in [0.25, 0.3) is 0 Å². The highest BCUT2D eigenvalue weighted by atomic mass is 19.4. The normalized spacial score (nSPS) is 11.3. The summed E-state index contributed by atoms with van der Waals surface area (Å²) >= 11 is 0. The number of nitrogens with two attached hydrogens (primary N) is 1. The number of esters is 1. The van der Waals surface area contributed by atoms with E-state index in [1.54, 1.807) is 6.92 Å². The Kier molecular flexibility index (Phi) is 5.32. The zero-order valence-corrected chi connectivity index (χ0v) is 11.1. The molecule has 0 aliphatic rings. The predicted octanol–water partition coefficient (Wildman–Crippen LogP) is 1.85. The average Bonchev–Trinajstić information content (AvgIpc) is 2.32. The largest absolute Gasteiger partial charge is 0.573 e. The van der Waals surface area contributed by atoms with Gasteiger partial charge in [-0.2, -0.15) is 0 Å². The van der Waals surface area contributed by atoms with E-state index in [1.165, 1.54) is 13.1 Å². The van der Waals surface area contributed by atoms with E-state index in [2.05, 4.69) is 9.72 Å². The molecule has 0 aromatic carbocycles. The molecule has 0 radical (unpaired) electrons. The van der Waals surface area contributed by atoms with Gasteiger partial charge in [-0.25, -0.2) is 0 Å². The highest BCUT2D eigenvalue weighted by molar-refractivity contribution is 5.73. The molecule has 112 valence electrons. The first kappa shape index (κ1) is 16.2. The number of aryl methyl sites for hydroxylation is 1. The lowest BCUT2D eigenvalue weighted by atomic mass is 10.1. The van der Waals surface area contributed by atoms with Gasteiger partial charge in [0.15, 0.2) is 5.75 Å². The molecular weight excluding hydrogens is 277 g/mol. The number of aromatic nitrogens is 1. The summed E-state index contributed by atoms with van der Waals surface area (Å²) in [4.78, 5) is 15.2. The van der Waals surface area contributed by atoms with E-state index in [9.17, 15) is 18.0 Å². The molecule has 0 fully saturated rings. The fourth-order valence-corrected chi connectivity index (χ4v) is 1.67. The number of rotatable bonds is 5. The smallest absolute Gasteiger partial charge is 0.466 e. The maximum atomic E-state index is 12.4. The Morgan fingerprint density at radius 2 is 2.10 bits per heavy atom. The van der Waals surface area contributed by atoms with E-state index >= 15 is 0 Å². The maximum Gasteiger partial charge on any atom is 0.573 e. The number of nitrogens with zero attached hydrogens (tertiary/aromatic N) is 1. The highest BCUT2D eigenvalue weighted by Crippen LogP contribution is 2.30. The Morgan fingerprint density at radius 1 is 1.45 bits per heavy atom. The van der Waals surface area contributed by atoms with Crippen LogP contribution in [0, 0.1) is 6.92 Å². The van der Waals surface area contributed by atoms with Crippen LogP contribution in [0.4, 0.5) is 13.2 Å². The van der Waals surface area contributed by atoms with E-state index in [4.69, 9.17) is 10.5 Å². The number of carbonyl (C=O) groups excluding carboxylic acids is 1. The number of ether oxygens (including phenoxy) is 2. The van der Waals surface area contributed by atoms with Gasteiger partial charge >= 0.3 is 12.3 Å². The zero-order valence-electron chi connectivity index (χ0n) is 11.1. The number of carbonyl (C=O) groups is 1. The van der Waals surface area contributed by atoms with E-state index in [0.717, 1.165) is 0 Å². The lowest BCUT2D eigenvalue weighted by Gasteiger charge is -2.17. The highest BCUT2D eigenvalue weighted by Gasteiger charge is 2.33. The van der Waals surface area contributed by atoms with Crippen LogP contribution in [-0.2, 0) is 22.5 Å². The monoisotopic (exact) mass is 292 g/mol. The molecule has 2 N–H and O–H groups in total. The van der Waals surface area contributed by atoms with Gasteiger partial charge in [0.2, 0.25) is 0 Å². The molecule has 1 rings (SSSR count). The molecule has 0 bridgehead atoms. The first-order chi connectivity index (χ1) is 9.28. The van der Waals surface area contributed by atoms with Crippen molar-refractivity contribution in [3.05, 3.63) is 23.0 Å². The van der Waals surface area contributed by atoms with Crippen LogP contribution in [0.2, 0.25) is 0 Å². The van der Waals surface area contributed by atoms with Crippen LogP contribution in [0.1, 0.15) is 23.7 Å². The molecule has 0 aliphatic heterocycles. The van der Waals surface area contributed by atoms with Crippen LogP contribution in [0.5, 0.6) is 5.75 Å². The number of pyridine rings is 1. The lowest BCUT2D eigenvalue weighted by Crippen LogP contribution is -2.21. The second-order valence-corrected chi connectivity index (χ2v) is 3.91. The molecule has 1 aromatic heterocycles. The molecule has 20 heavy (non-hydrogen) atoms. The standard InChI is InChI=1S/C12H15F3N2O3/c1-3-19-10(18)4-8-6-17-7(2)11(9(8)5-16)20-12(13,14)15/h6H,3-5,16H2,1-2H3. The minimum Gasteiger partial charge on any atom is -0.466 e. The zero-order chi connectivity index (χ0) is 15.3. The van der Waals surface area contributed by atoms with Crippen LogP contribution in [0.15, 0.2) is 6.20 Å². The Bertz CT molecular complexity index is 490. The van der Waals surface area contributed by atoms with Crippen molar-refractivity contribution in [1.29, 1.82) is 0 Å². The third kappa shape index (κ3) is 4.37. The SMILES string of the molecule is CCOC(=O)Cc1cnc(C)c(OC(F)(F)F)c1CN. The summed E-state index contributed by atoms with van der Waals surface area (Å²) in [6, 6.07) is 0. The third-order valence-corrected chi connectivity index (χ3v) is 2.47. The Balaban J connectivity index is 3.14. The van der Waals surface area contributed by atoms with Gasteiger partial charge in [0.1, 0.15) is 0 Å². The van der Waals surface area contributed by atoms with E-state index in [-0.39, 0.29) is 36.4 Å². The van der Waals surface area contributed by atoms with Crippen molar-refractivity contribution < 1.29 is 27.4 Å². The van der Waals surface area contributed by atoms with Crippen LogP contribution in [0.25, 0.3) is 0 Å². The van der Waals surface area contributed by atoms with Crippen LogP contribution < -0.4 is 10.5 Å². The molecule has 0 spiro atoms. The summed E-state index contributed by atoms with van der Waals surface area (Å²) < 4.78 is 45.8. The molecule has 0 saturated heterocycles. The number of hydrogen-bond donors (Lipinski definition) is 1. The summed E-state index contributed by atoms with van der Waals surface area (Å²) in [6.45, 7) is 2.98. The maximum absolute atomic E-state index is 12.4. The molecule has 0 atom stereocenters. The predicted molar refractivity (Wildman–Crippen MR) is 63.9 cm³/mol. The number of alkyl halides is 3. The van der Waals surface area contributed by atoms with Crippen molar-refractivity contribution >= 4 is 5.97 Å². The van der Waals surface area contributed by atoms with Crippen molar-refractivity contribution in [2.75, 3.05) is 6.61 Å². The van der Waals surface area contributed by atoms with Crippen molar-refractivity contribution in [2.24, 2.45) is 5.73 Å². The summed E-state index contributed by atoms with van der Waals surface area (Å²) in [5.74, 6) is -1.02. The Morgan fingerprint density at radius 3 is 2.60 bits per heavy atom. The van der Waals surface area contributed by atoms with E-state index < -0.39 is 18.1 Å². The topological polar surface area (TPSA) is 74.4 Å². The van der Waals surface area contributed by atoms with Gasteiger partial charge in [-0.1, -0.05) is 0 Å². The summed E-state index contributed by atoms with van der Waals surface area (Å²) in [7, 11) is 0. The molecule has 0 saturated carbocycles. The fourth-order valence-electron chi connectivity index (χ4n) is 1.67. The molecule has 8 heteroatoms. The average molecular weight is 292 g/mol. The van der Waals surface area contributed by atoms with Gasteiger partial charge in [0, 0.05) is 18.3 Å². The van der Waals surface area contributed by atoms with Gasteiger partial charge in [0.05, 0.1) is 18.7 Å². The molecule has 0 amide bonds. The van der Waals surface area contributed by atoms with Crippen molar-refractivity contribution in [2.45, 2.75) is 33.2 Å². The van der Waals surface area contributed by atoms with Gasteiger partial charge in [-0.15, -0.1) is 13.2 Å².